The van der Waals surface area contributed by atoms with E-state index in [1.54, 1.807) is 0 Å². The van der Waals surface area contributed by atoms with Crippen molar-refractivity contribution in [3.8, 4) is 0 Å². The summed E-state index contributed by atoms with van der Waals surface area (Å²) in [6, 6.07) is 0. The minimum atomic E-state index is 0.180. The molecule has 0 aliphatic heterocycles. The van der Waals surface area contributed by atoms with Crippen LogP contribution in [0.15, 0.2) is 6.33 Å². The minimum absolute atomic E-state index is 0.180. The zero-order valence-electron chi connectivity index (χ0n) is 5.83. The van der Waals surface area contributed by atoms with Crippen LogP contribution in [0.2, 0.25) is 0 Å². The Balaban J connectivity index is 2.84. The SMILES string of the molecule is ONc1nc(=S)c2[nH]cnc2[nH]1. The fourth-order valence-electron chi connectivity index (χ4n) is 0.903. The first-order chi connectivity index (χ1) is 5.81. The third-order valence-electron chi connectivity index (χ3n) is 1.41. The Labute approximate surface area is 71.6 Å². The first kappa shape index (κ1) is 7.19. The van der Waals surface area contributed by atoms with Crippen molar-refractivity contribution in [1.29, 1.82) is 0 Å². The number of fused-ring (bicyclic) bond motifs is 1. The summed E-state index contributed by atoms with van der Waals surface area (Å²) in [5, 5.41) is 8.53. The molecule has 6 nitrogen and oxygen atoms in total. The average molecular weight is 183 g/mol. The molecule has 0 aliphatic rings. The monoisotopic (exact) mass is 183 g/mol. The van der Waals surface area contributed by atoms with Crippen LogP contribution in [0.3, 0.4) is 0 Å². The van der Waals surface area contributed by atoms with E-state index in [1.165, 1.54) is 6.33 Å². The van der Waals surface area contributed by atoms with Gasteiger partial charge >= 0.3 is 0 Å². The van der Waals surface area contributed by atoms with Gasteiger partial charge in [0, 0.05) is 0 Å². The van der Waals surface area contributed by atoms with Crippen LogP contribution in [0, 0.1) is 4.64 Å². The number of aromatic amines is 2. The van der Waals surface area contributed by atoms with E-state index >= 15 is 0 Å². The molecule has 0 amide bonds. The van der Waals surface area contributed by atoms with Crippen molar-refractivity contribution < 1.29 is 5.21 Å². The molecular formula is C5H5N5OS. The third kappa shape index (κ3) is 0.953. The van der Waals surface area contributed by atoms with Crippen molar-refractivity contribution in [2.45, 2.75) is 0 Å². The summed E-state index contributed by atoms with van der Waals surface area (Å²) in [6.07, 6.45) is 1.50. The molecule has 0 spiro atoms. The van der Waals surface area contributed by atoms with Gasteiger partial charge in [-0.2, -0.15) is 4.98 Å². The molecule has 2 heterocycles. The molecule has 0 bridgehead atoms. The lowest BCUT2D eigenvalue weighted by atomic mass is 10.6. The van der Waals surface area contributed by atoms with E-state index in [2.05, 4.69) is 19.9 Å². The molecule has 7 heteroatoms. The zero-order valence-corrected chi connectivity index (χ0v) is 6.64. The molecule has 0 fully saturated rings. The average Bonchev–Trinajstić information content (AvgIpc) is 2.52. The van der Waals surface area contributed by atoms with E-state index in [4.69, 9.17) is 17.4 Å². The number of anilines is 1. The Morgan fingerprint density at radius 1 is 1.58 bits per heavy atom. The highest BCUT2D eigenvalue weighted by atomic mass is 32.1. The van der Waals surface area contributed by atoms with Gasteiger partial charge in [0.25, 0.3) is 0 Å². The topological polar surface area (TPSA) is 89.6 Å². The lowest BCUT2D eigenvalue weighted by Gasteiger charge is -1.96. The van der Waals surface area contributed by atoms with Crippen LogP contribution in [0.4, 0.5) is 5.95 Å². The number of rotatable bonds is 1. The van der Waals surface area contributed by atoms with Gasteiger partial charge in [0.2, 0.25) is 5.95 Å². The Hall–Kier alpha value is -1.47. The van der Waals surface area contributed by atoms with Crippen LogP contribution in [0.1, 0.15) is 0 Å². The fraction of sp³-hybridized carbons (Fsp3) is 0. The molecule has 0 unspecified atom stereocenters. The molecule has 0 aliphatic carbocycles. The number of hydrogen-bond acceptors (Lipinski definition) is 5. The summed E-state index contributed by atoms with van der Waals surface area (Å²) >= 11 is 4.91. The molecule has 12 heavy (non-hydrogen) atoms. The summed E-state index contributed by atoms with van der Waals surface area (Å²) in [5.41, 5.74) is 3.08. The smallest absolute Gasteiger partial charge is 0.227 e. The molecular weight excluding hydrogens is 178 g/mol. The molecule has 2 rings (SSSR count). The Morgan fingerprint density at radius 3 is 3.17 bits per heavy atom. The van der Waals surface area contributed by atoms with Crippen molar-refractivity contribution in [1.82, 2.24) is 19.9 Å². The van der Waals surface area contributed by atoms with Gasteiger partial charge in [-0.25, -0.2) is 10.5 Å². The summed E-state index contributed by atoms with van der Waals surface area (Å²) in [7, 11) is 0. The van der Waals surface area contributed by atoms with E-state index in [0.717, 1.165) is 0 Å². The van der Waals surface area contributed by atoms with Crippen molar-refractivity contribution >= 4 is 29.3 Å². The van der Waals surface area contributed by atoms with E-state index in [0.29, 0.717) is 15.8 Å². The van der Waals surface area contributed by atoms with Gasteiger partial charge in [-0.15, -0.1) is 0 Å². The Morgan fingerprint density at radius 2 is 2.42 bits per heavy atom. The van der Waals surface area contributed by atoms with Gasteiger partial charge in [0.15, 0.2) is 10.3 Å². The quantitative estimate of drug-likeness (QED) is 0.388. The Bertz CT molecular complexity index is 460. The Kier molecular flexibility index (Phi) is 1.52. The molecule has 0 atom stereocenters. The van der Waals surface area contributed by atoms with E-state index in [9.17, 15) is 0 Å². The van der Waals surface area contributed by atoms with Gasteiger partial charge in [-0.3, -0.25) is 5.21 Å². The van der Waals surface area contributed by atoms with Crippen molar-refractivity contribution in [3.05, 3.63) is 11.0 Å². The number of nitrogens with zero attached hydrogens (tertiary/aromatic N) is 2. The minimum Gasteiger partial charge on any atom is -0.341 e. The van der Waals surface area contributed by atoms with Crippen molar-refractivity contribution in [2.24, 2.45) is 0 Å². The highest BCUT2D eigenvalue weighted by Crippen LogP contribution is 2.08. The maximum absolute atomic E-state index is 8.53. The predicted molar refractivity (Wildman–Crippen MR) is 44.5 cm³/mol. The van der Waals surface area contributed by atoms with Gasteiger partial charge in [-0.1, -0.05) is 12.2 Å². The largest absolute Gasteiger partial charge is 0.341 e. The van der Waals surface area contributed by atoms with Crippen molar-refractivity contribution in [2.75, 3.05) is 5.48 Å². The molecule has 2 aromatic rings. The van der Waals surface area contributed by atoms with Gasteiger partial charge in [-0.05, 0) is 0 Å². The summed E-state index contributed by atoms with van der Waals surface area (Å²) < 4.78 is 0.359. The predicted octanol–water partition coefficient (Wildman–Crippen LogP) is 0.817. The number of aromatic nitrogens is 4. The van der Waals surface area contributed by atoms with Crippen LogP contribution >= 0.6 is 12.2 Å². The van der Waals surface area contributed by atoms with Crippen LogP contribution in [0.25, 0.3) is 11.2 Å². The van der Waals surface area contributed by atoms with Crippen LogP contribution in [0.5, 0.6) is 0 Å². The summed E-state index contributed by atoms with van der Waals surface area (Å²) in [6.45, 7) is 0. The van der Waals surface area contributed by atoms with Gasteiger partial charge in [0.1, 0.15) is 5.52 Å². The van der Waals surface area contributed by atoms with Crippen LogP contribution in [-0.4, -0.2) is 25.1 Å². The number of imidazole rings is 1. The highest BCUT2D eigenvalue weighted by molar-refractivity contribution is 7.71. The first-order valence-electron chi connectivity index (χ1n) is 3.15. The molecule has 0 saturated carbocycles. The molecule has 2 aromatic heterocycles. The van der Waals surface area contributed by atoms with Gasteiger partial charge < -0.3 is 9.97 Å². The first-order valence-corrected chi connectivity index (χ1v) is 3.55. The van der Waals surface area contributed by atoms with Crippen LogP contribution < -0.4 is 5.48 Å². The second kappa shape index (κ2) is 2.54. The van der Waals surface area contributed by atoms with E-state index in [1.807, 2.05) is 5.48 Å². The fourth-order valence-corrected chi connectivity index (χ4v) is 1.15. The van der Waals surface area contributed by atoms with Crippen LogP contribution in [-0.2, 0) is 0 Å². The van der Waals surface area contributed by atoms with E-state index < -0.39 is 0 Å². The second-order valence-corrected chi connectivity index (χ2v) is 2.52. The van der Waals surface area contributed by atoms with Gasteiger partial charge in [0.05, 0.1) is 6.33 Å². The number of H-pyrrole nitrogens is 2. The zero-order chi connectivity index (χ0) is 8.55. The standard InChI is InChI=1S/C5H5N5OS/c11-10-5-8-3-2(4(12)9-5)6-1-7-3/h1,11H,(H3,6,7,8,9,10,12). The maximum Gasteiger partial charge on any atom is 0.227 e. The van der Waals surface area contributed by atoms with Crippen molar-refractivity contribution in [3.63, 3.8) is 0 Å². The lowest BCUT2D eigenvalue weighted by molar-refractivity contribution is 0.383. The normalized spacial score (nSPS) is 10.4. The number of hydrogen-bond donors (Lipinski definition) is 4. The molecule has 4 N–H and O–H groups in total. The molecule has 0 aromatic carbocycles. The second-order valence-electron chi connectivity index (χ2n) is 2.13. The maximum atomic E-state index is 8.53. The molecule has 0 saturated heterocycles. The molecule has 0 radical (unpaired) electrons. The summed E-state index contributed by atoms with van der Waals surface area (Å²) in [4.78, 5) is 13.3. The summed E-state index contributed by atoms with van der Waals surface area (Å²) in [5.74, 6) is 0.180. The van der Waals surface area contributed by atoms with E-state index in [-0.39, 0.29) is 5.95 Å². The third-order valence-corrected chi connectivity index (χ3v) is 1.70. The molecule has 62 valence electrons. The number of nitrogens with one attached hydrogen (secondary N) is 3. The lowest BCUT2D eigenvalue weighted by Crippen LogP contribution is -1.97. The highest BCUT2D eigenvalue weighted by Gasteiger charge is 2.00.